The lowest BCUT2D eigenvalue weighted by Crippen LogP contribution is -2.07. The van der Waals surface area contributed by atoms with E-state index in [0.717, 1.165) is 64.2 Å². The molecule has 8 nitrogen and oxygen atoms in total. The van der Waals surface area contributed by atoms with Crippen LogP contribution >= 0.6 is 0 Å². The molecule has 36 heavy (non-hydrogen) atoms. The van der Waals surface area contributed by atoms with E-state index in [9.17, 15) is 19.2 Å². The van der Waals surface area contributed by atoms with Gasteiger partial charge in [-0.05, 0) is 52.4 Å². The number of ether oxygens (including phenoxy) is 4. The fourth-order valence-corrected chi connectivity index (χ4v) is 3.06. The van der Waals surface area contributed by atoms with E-state index < -0.39 is 0 Å². The normalized spacial score (nSPS) is 10.1. The van der Waals surface area contributed by atoms with Gasteiger partial charge in [0.25, 0.3) is 0 Å². The first-order valence-corrected chi connectivity index (χ1v) is 14.0. The van der Waals surface area contributed by atoms with E-state index >= 15 is 0 Å². The van der Waals surface area contributed by atoms with Crippen LogP contribution in [0.25, 0.3) is 0 Å². The van der Waals surface area contributed by atoms with Gasteiger partial charge in [-0.1, -0.05) is 52.4 Å². The molecule has 0 spiro atoms. The first kappa shape index (κ1) is 36.0. The number of esters is 4. The average Bonchev–Trinajstić information content (AvgIpc) is 2.84. The van der Waals surface area contributed by atoms with Crippen molar-refractivity contribution in [1.29, 1.82) is 0 Å². The monoisotopic (exact) mass is 516 g/mol. The maximum absolute atomic E-state index is 11.2. The molecule has 0 atom stereocenters. The Kier molecular flexibility index (Phi) is 29.1. The number of hydrogen-bond acceptors (Lipinski definition) is 8. The van der Waals surface area contributed by atoms with Gasteiger partial charge in [0.2, 0.25) is 0 Å². The molecule has 0 fully saturated rings. The van der Waals surface area contributed by atoms with E-state index in [-0.39, 0.29) is 23.9 Å². The maximum Gasteiger partial charge on any atom is 0.305 e. The summed E-state index contributed by atoms with van der Waals surface area (Å²) < 4.78 is 19.7. The zero-order valence-corrected chi connectivity index (χ0v) is 23.4. The molecule has 0 aliphatic rings. The predicted octanol–water partition coefficient (Wildman–Crippen LogP) is 6.47. The standard InChI is InChI=1S/2C14H26O4/c1-3-17-13(15)11-9-7-5-6-8-10-12-14(16)18-4-2;1-3-5-11-17-13(15)9-7-8-10-14(16)18-12-6-4-2/h2*3-12H2,1-2H3. The molecule has 0 heterocycles. The summed E-state index contributed by atoms with van der Waals surface area (Å²) >= 11 is 0. The van der Waals surface area contributed by atoms with Crippen LogP contribution in [0.15, 0.2) is 0 Å². The Morgan fingerprint density at radius 2 is 0.667 bits per heavy atom. The number of unbranched alkanes of at least 4 members (excludes halogenated alkanes) is 8. The predicted molar refractivity (Wildman–Crippen MR) is 140 cm³/mol. The van der Waals surface area contributed by atoms with Gasteiger partial charge in [-0.15, -0.1) is 0 Å². The fraction of sp³-hybridized carbons (Fsp3) is 0.857. The van der Waals surface area contributed by atoms with E-state index in [1.165, 1.54) is 0 Å². The molecule has 0 bridgehead atoms. The highest BCUT2D eigenvalue weighted by Crippen LogP contribution is 2.09. The highest BCUT2D eigenvalue weighted by Gasteiger charge is 2.06. The minimum absolute atomic E-state index is 0.0974. The average molecular weight is 517 g/mol. The van der Waals surface area contributed by atoms with Crippen LogP contribution in [0.3, 0.4) is 0 Å². The topological polar surface area (TPSA) is 105 Å². The number of rotatable bonds is 22. The summed E-state index contributed by atoms with van der Waals surface area (Å²) in [6.45, 7) is 9.70. The van der Waals surface area contributed by atoms with Crippen molar-refractivity contribution in [2.75, 3.05) is 26.4 Å². The van der Waals surface area contributed by atoms with E-state index in [0.29, 0.717) is 65.0 Å². The summed E-state index contributed by atoms with van der Waals surface area (Å²) in [7, 11) is 0. The van der Waals surface area contributed by atoms with Crippen LogP contribution in [0.4, 0.5) is 0 Å². The zero-order chi connectivity index (χ0) is 27.3. The van der Waals surface area contributed by atoms with E-state index in [2.05, 4.69) is 13.8 Å². The summed E-state index contributed by atoms with van der Waals surface area (Å²) in [5, 5.41) is 0. The van der Waals surface area contributed by atoms with Crippen LogP contribution < -0.4 is 0 Å². The summed E-state index contributed by atoms with van der Waals surface area (Å²) in [6, 6.07) is 0. The van der Waals surface area contributed by atoms with Crippen LogP contribution in [0.2, 0.25) is 0 Å². The lowest BCUT2D eigenvalue weighted by molar-refractivity contribution is -0.146. The van der Waals surface area contributed by atoms with Crippen molar-refractivity contribution in [2.45, 2.75) is 130 Å². The molecule has 212 valence electrons. The van der Waals surface area contributed by atoms with Gasteiger partial charge < -0.3 is 18.9 Å². The number of carbonyl (C=O) groups excluding carboxylic acids is 4. The fourth-order valence-electron chi connectivity index (χ4n) is 3.06. The summed E-state index contributed by atoms with van der Waals surface area (Å²) in [5.41, 5.74) is 0. The second kappa shape index (κ2) is 29.1. The Labute approximate surface area is 219 Å². The third-order valence-corrected chi connectivity index (χ3v) is 5.16. The second-order valence-corrected chi connectivity index (χ2v) is 8.59. The van der Waals surface area contributed by atoms with Gasteiger partial charge in [-0.2, -0.15) is 0 Å². The Morgan fingerprint density at radius 3 is 0.972 bits per heavy atom. The highest BCUT2D eigenvalue weighted by atomic mass is 16.5. The van der Waals surface area contributed by atoms with Crippen molar-refractivity contribution in [1.82, 2.24) is 0 Å². The third kappa shape index (κ3) is 29.9. The molecule has 0 aromatic rings. The molecule has 0 aliphatic carbocycles. The highest BCUT2D eigenvalue weighted by molar-refractivity contribution is 5.70. The van der Waals surface area contributed by atoms with Gasteiger partial charge in [0.15, 0.2) is 0 Å². The van der Waals surface area contributed by atoms with Crippen molar-refractivity contribution in [3.63, 3.8) is 0 Å². The number of hydrogen-bond donors (Lipinski definition) is 0. The minimum atomic E-state index is -0.164. The molecule has 8 heteroatoms. The lowest BCUT2D eigenvalue weighted by atomic mass is 10.1. The van der Waals surface area contributed by atoms with Crippen LogP contribution in [-0.4, -0.2) is 50.3 Å². The third-order valence-electron chi connectivity index (χ3n) is 5.16. The molecule has 0 unspecified atom stereocenters. The molecule has 0 N–H and O–H groups in total. The van der Waals surface area contributed by atoms with Crippen LogP contribution in [0, 0.1) is 0 Å². The molecule has 0 aliphatic heterocycles. The minimum Gasteiger partial charge on any atom is -0.466 e. The molecule has 0 amide bonds. The summed E-state index contributed by atoms with van der Waals surface area (Å²) in [6.07, 6.45) is 13.2. The van der Waals surface area contributed by atoms with Crippen LogP contribution in [-0.2, 0) is 38.1 Å². The zero-order valence-electron chi connectivity index (χ0n) is 23.4. The van der Waals surface area contributed by atoms with Gasteiger partial charge in [0, 0.05) is 25.7 Å². The van der Waals surface area contributed by atoms with Crippen molar-refractivity contribution in [3.05, 3.63) is 0 Å². The van der Waals surface area contributed by atoms with Gasteiger partial charge in [0.1, 0.15) is 0 Å². The van der Waals surface area contributed by atoms with Gasteiger partial charge in [0.05, 0.1) is 26.4 Å². The lowest BCUT2D eigenvalue weighted by Gasteiger charge is -2.04. The van der Waals surface area contributed by atoms with Gasteiger partial charge >= 0.3 is 23.9 Å². The molecular weight excluding hydrogens is 464 g/mol. The Balaban J connectivity index is 0. The Morgan fingerprint density at radius 1 is 0.389 bits per heavy atom. The number of carbonyl (C=O) groups is 4. The van der Waals surface area contributed by atoms with Crippen LogP contribution in [0.5, 0.6) is 0 Å². The van der Waals surface area contributed by atoms with Crippen molar-refractivity contribution in [2.24, 2.45) is 0 Å². The van der Waals surface area contributed by atoms with Crippen molar-refractivity contribution >= 4 is 23.9 Å². The molecule has 0 saturated heterocycles. The molecule has 0 radical (unpaired) electrons. The van der Waals surface area contributed by atoms with Crippen LogP contribution in [0.1, 0.15) is 130 Å². The maximum atomic E-state index is 11.2. The van der Waals surface area contributed by atoms with Gasteiger partial charge in [-0.25, -0.2) is 0 Å². The van der Waals surface area contributed by atoms with Crippen molar-refractivity contribution < 1.29 is 38.1 Å². The molecule has 0 aromatic heterocycles. The van der Waals surface area contributed by atoms with Gasteiger partial charge in [-0.3, -0.25) is 19.2 Å². The first-order chi connectivity index (χ1) is 17.4. The largest absolute Gasteiger partial charge is 0.466 e. The quantitative estimate of drug-likeness (QED) is 0.0916. The van der Waals surface area contributed by atoms with E-state index in [1.807, 2.05) is 13.8 Å². The molecular formula is C28H52O8. The van der Waals surface area contributed by atoms with E-state index in [1.54, 1.807) is 0 Å². The molecule has 0 saturated carbocycles. The Hall–Kier alpha value is -2.12. The SMILES string of the molecule is CCCCOC(=O)CCCCC(=O)OCCCC.CCOC(=O)CCCCCCCCC(=O)OCC. The smallest absolute Gasteiger partial charge is 0.305 e. The second-order valence-electron chi connectivity index (χ2n) is 8.59. The van der Waals surface area contributed by atoms with Crippen molar-refractivity contribution in [3.8, 4) is 0 Å². The Bertz CT molecular complexity index is 500. The summed E-state index contributed by atoms with van der Waals surface area (Å²) in [5.74, 6) is -0.523. The summed E-state index contributed by atoms with van der Waals surface area (Å²) in [4.78, 5) is 44.6. The first-order valence-electron chi connectivity index (χ1n) is 14.0. The molecule has 0 rings (SSSR count). The molecule has 0 aromatic carbocycles. The van der Waals surface area contributed by atoms with E-state index in [4.69, 9.17) is 18.9 Å².